The van der Waals surface area contributed by atoms with E-state index in [-0.39, 0.29) is 24.0 Å². The van der Waals surface area contributed by atoms with Crippen LogP contribution in [-0.4, -0.2) is 36.0 Å². The Kier molecular flexibility index (Phi) is 4.78. The van der Waals surface area contributed by atoms with Gasteiger partial charge in [0.2, 0.25) is 5.91 Å². The molecule has 1 aromatic rings. The Balaban J connectivity index is 2.19. The molecule has 0 aliphatic carbocycles. The molecule has 3 N–H and O–H groups in total. The quantitative estimate of drug-likeness (QED) is 0.874. The molecule has 2 atom stereocenters. The summed E-state index contributed by atoms with van der Waals surface area (Å²) in [6.45, 7) is 7.35. The highest BCUT2D eigenvalue weighted by molar-refractivity contribution is 5.81. The zero-order chi connectivity index (χ0) is 14.7. The van der Waals surface area contributed by atoms with Crippen molar-refractivity contribution in [1.29, 1.82) is 0 Å². The number of rotatable bonds is 4. The summed E-state index contributed by atoms with van der Waals surface area (Å²) < 4.78 is 0. The largest absolute Gasteiger partial charge is 0.353 e. The predicted octanol–water partition coefficient (Wildman–Crippen LogP) is 1.46. The summed E-state index contributed by atoms with van der Waals surface area (Å²) in [7, 11) is 0. The van der Waals surface area contributed by atoms with Crippen molar-refractivity contribution in [2.45, 2.75) is 45.3 Å². The van der Waals surface area contributed by atoms with Crippen molar-refractivity contribution in [1.82, 2.24) is 10.2 Å². The molecule has 1 aromatic carbocycles. The van der Waals surface area contributed by atoms with E-state index in [9.17, 15) is 4.79 Å². The van der Waals surface area contributed by atoms with E-state index in [0.29, 0.717) is 6.54 Å². The summed E-state index contributed by atoms with van der Waals surface area (Å²) in [6.07, 6.45) is 0.978. The van der Waals surface area contributed by atoms with Crippen LogP contribution in [0.1, 0.15) is 37.9 Å². The van der Waals surface area contributed by atoms with Crippen LogP contribution in [0.3, 0.4) is 0 Å². The second kappa shape index (κ2) is 6.37. The van der Waals surface area contributed by atoms with Crippen LogP contribution in [0.2, 0.25) is 0 Å². The minimum Gasteiger partial charge on any atom is -0.353 e. The van der Waals surface area contributed by atoms with Gasteiger partial charge in [-0.15, -0.1) is 0 Å². The highest BCUT2D eigenvalue weighted by atomic mass is 16.2. The molecule has 1 aliphatic heterocycles. The molecule has 4 heteroatoms. The number of carbonyl (C=O) groups is 1. The first-order valence-electron chi connectivity index (χ1n) is 7.38. The Morgan fingerprint density at radius 2 is 2.10 bits per heavy atom. The summed E-state index contributed by atoms with van der Waals surface area (Å²) in [5.41, 5.74) is 8.60. The summed E-state index contributed by atoms with van der Waals surface area (Å²) in [5.74, 6) is 0.0813. The number of fused-ring (bicyclic) bond motifs is 1. The van der Waals surface area contributed by atoms with Crippen LogP contribution in [0, 0.1) is 0 Å². The Morgan fingerprint density at radius 3 is 2.75 bits per heavy atom. The van der Waals surface area contributed by atoms with Crippen molar-refractivity contribution in [2.24, 2.45) is 5.73 Å². The topological polar surface area (TPSA) is 58.4 Å². The molecule has 110 valence electrons. The van der Waals surface area contributed by atoms with Crippen molar-refractivity contribution in [3.8, 4) is 0 Å². The molecule has 4 nitrogen and oxygen atoms in total. The zero-order valence-electron chi connectivity index (χ0n) is 12.6. The van der Waals surface area contributed by atoms with Crippen molar-refractivity contribution >= 4 is 5.91 Å². The average molecular weight is 275 g/mol. The number of hydrogen-bond acceptors (Lipinski definition) is 3. The fraction of sp³-hybridized carbons (Fsp3) is 0.562. The SMILES string of the molecule is CC(C)NC(=O)C(C)N1CCc2ccccc2C1CN. The first-order valence-corrected chi connectivity index (χ1v) is 7.38. The molecule has 1 heterocycles. The van der Waals surface area contributed by atoms with Gasteiger partial charge in [0.15, 0.2) is 0 Å². The molecular formula is C16H25N3O. The summed E-state index contributed by atoms with van der Waals surface area (Å²) in [6, 6.07) is 8.55. The van der Waals surface area contributed by atoms with Gasteiger partial charge in [0.05, 0.1) is 6.04 Å². The van der Waals surface area contributed by atoms with Gasteiger partial charge in [-0.05, 0) is 38.3 Å². The molecule has 2 rings (SSSR count). The van der Waals surface area contributed by atoms with Crippen molar-refractivity contribution in [3.05, 3.63) is 35.4 Å². The second-order valence-electron chi connectivity index (χ2n) is 5.78. The summed E-state index contributed by atoms with van der Waals surface area (Å²) in [5, 5.41) is 2.99. The Morgan fingerprint density at radius 1 is 1.40 bits per heavy atom. The lowest BCUT2D eigenvalue weighted by Gasteiger charge is -2.40. The van der Waals surface area contributed by atoms with E-state index in [4.69, 9.17) is 5.73 Å². The maximum atomic E-state index is 12.2. The first kappa shape index (κ1) is 15.0. The van der Waals surface area contributed by atoms with E-state index in [1.165, 1.54) is 11.1 Å². The van der Waals surface area contributed by atoms with Gasteiger partial charge in [-0.1, -0.05) is 24.3 Å². The number of nitrogens with two attached hydrogens (primary N) is 1. The number of carbonyl (C=O) groups excluding carboxylic acids is 1. The minimum atomic E-state index is -0.153. The Labute approximate surface area is 121 Å². The molecule has 0 saturated carbocycles. The van der Waals surface area contributed by atoms with E-state index < -0.39 is 0 Å². The third-order valence-electron chi connectivity index (χ3n) is 3.98. The van der Waals surface area contributed by atoms with Gasteiger partial charge in [0, 0.05) is 25.2 Å². The number of amides is 1. The lowest BCUT2D eigenvalue weighted by Crippen LogP contribution is -2.51. The third kappa shape index (κ3) is 3.02. The normalized spacial score (nSPS) is 20.6. The van der Waals surface area contributed by atoms with E-state index >= 15 is 0 Å². The van der Waals surface area contributed by atoms with Gasteiger partial charge >= 0.3 is 0 Å². The maximum absolute atomic E-state index is 12.2. The molecule has 0 radical (unpaired) electrons. The van der Waals surface area contributed by atoms with Crippen molar-refractivity contribution in [2.75, 3.05) is 13.1 Å². The molecule has 0 saturated heterocycles. The maximum Gasteiger partial charge on any atom is 0.237 e. The number of benzene rings is 1. The Hall–Kier alpha value is -1.39. The van der Waals surface area contributed by atoms with Crippen LogP contribution >= 0.6 is 0 Å². The lowest BCUT2D eigenvalue weighted by atomic mass is 9.91. The van der Waals surface area contributed by atoms with Gasteiger partial charge in [0.1, 0.15) is 0 Å². The van der Waals surface area contributed by atoms with Crippen LogP contribution in [0.4, 0.5) is 0 Å². The summed E-state index contributed by atoms with van der Waals surface area (Å²) in [4.78, 5) is 14.5. The van der Waals surface area contributed by atoms with E-state index in [2.05, 4.69) is 28.4 Å². The van der Waals surface area contributed by atoms with Gasteiger partial charge in [-0.2, -0.15) is 0 Å². The molecule has 0 spiro atoms. The molecule has 0 bridgehead atoms. The van der Waals surface area contributed by atoms with Crippen LogP contribution < -0.4 is 11.1 Å². The van der Waals surface area contributed by atoms with Crippen LogP contribution in [0.15, 0.2) is 24.3 Å². The molecule has 2 unspecified atom stereocenters. The monoisotopic (exact) mass is 275 g/mol. The average Bonchev–Trinajstić information content (AvgIpc) is 2.44. The van der Waals surface area contributed by atoms with E-state index in [1.54, 1.807) is 0 Å². The van der Waals surface area contributed by atoms with Crippen LogP contribution in [0.5, 0.6) is 0 Å². The van der Waals surface area contributed by atoms with E-state index in [1.807, 2.05) is 26.8 Å². The van der Waals surface area contributed by atoms with Crippen LogP contribution in [-0.2, 0) is 11.2 Å². The Bertz CT molecular complexity index is 473. The molecule has 20 heavy (non-hydrogen) atoms. The third-order valence-corrected chi connectivity index (χ3v) is 3.98. The molecule has 0 fully saturated rings. The predicted molar refractivity (Wildman–Crippen MR) is 81.4 cm³/mol. The number of nitrogens with one attached hydrogen (secondary N) is 1. The van der Waals surface area contributed by atoms with E-state index in [0.717, 1.165) is 13.0 Å². The zero-order valence-corrected chi connectivity index (χ0v) is 12.6. The van der Waals surface area contributed by atoms with Gasteiger partial charge in [0.25, 0.3) is 0 Å². The van der Waals surface area contributed by atoms with Crippen molar-refractivity contribution in [3.63, 3.8) is 0 Å². The lowest BCUT2D eigenvalue weighted by molar-refractivity contribution is -0.127. The van der Waals surface area contributed by atoms with Crippen molar-refractivity contribution < 1.29 is 4.79 Å². The number of hydrogen-bond donors (Lipinski definition) is 2. The standard InChI is InChI=1S/C16H25N3O/c1-11(2)18-16(20)12(3)19-9-8-13-6-4-5-7-14(13)15(19)10-17/h4-7,11-12,15H,8-10,17H2,1-3H3,(H,18,20). The molecular weight excluding hydrogens is 250 g/mol. The molecule has 1 aliphatic rings. The smallest absolute Gasteiger partial charge is 0.237 e. The summed E-state index contributed by atoms with van der Waals surface area (Å²) >= 11 is 0. The number of nitrogens with zero attached hydrogens (tertiary/aromatic N) is 1. The fourth-order valence-corrected chi connectivity index (χ4v) is 2.95. The highest BCUT2D eigenvalue weighted by Crippen LogP contribution is 2.30. The van der Waals surface area contributed by atoms with Gasteiger partial charge in [-0.3, -0.25) is 9.69 Å². The second-order valence-corrected chi connectivity index (χ2v) is 5.78. The van der Waals surface area contributed by atoms with Gasteiger partial charge in [-0.25, -0.2) is 0 Å². The first-order chi connectivity index (χ1) is 9.54. The highest BCUT2D eigenvalue weighted by Gasteiger charge is 2.32. The minimum absolute atomic E-state index is 0.0813. The molecule has 1 amide bonds. The van der Waals surface area contributed by atoms with Gasteiger partial charge < -0.3 is 11.1 Å². The fourth-order valence-electron chi connectivity index (χ4n) is 2.95. The molecule has 0 aromatic heterocycles. The van der Waals surface area contributed by atoms with Crippen LogP contribution in [0.25, 0.3) is 0 Å².